The lowest BCUT2D eigenvalue weighted by molar-refractivity contribution is -0.384. The molecular formula is C11H12N4O2. The topological polar surface area (TPSA) is 73.0 Å². The quantitative estimate of drug-likeness (QED) is 0.650. The van der Waals surface area contributed by atoms with Gasteiger partial charge in [-0.15, -0.1) is 0 Å². The van der Waals surface area contributed by atoms with Gasteiger partial charge in [0.05, 0.1) is 22.0 Å². The van der Waals surface area contributed by atoms with Crippen LogP contribution in [0.5, 0.6) is 0 Å². The Hall–Kier alpha value is -2.37. The highest BCUT2D eigenvalue weighted by Crippen LogP contribution is 2.16. The molecule has 6 nitrogen and oxygen atoms in total. The maximum absolute atomic E-state index is 10.5. The minimum Gasteiger partial charge on any atom is -0.293 e. The van der Waals surface area contributed by atoms with E-state index in [1.807, 2.05) is 13.8 Å². The van der Waals surface area contributed by atoms with E-state index in [-0.39, 0.29) is 5.69 Å². The Morgan fingerprint density at radius 1 is 1.29 bits per heavy atom. The van der Waals surface area contributed by atoms with Crippen molar-refractivity contribution in [2.75, 3.05) is 5.43 Å². The smallest absolute Gasteiger partial charge is 0.269 e. The molecule has 0 amide bonds. The Balaban J connectivity index is 2.19. The second kappa shape index (κ2) is 4.25. The SMILES string of the molecule is Cc1ncn(Nc2ccc([N+](=O)[O-])cc2)c1C. The zero-order chi connectivity index (χ0) is 12.4. The van der Waals surface area contributed by atoms with Crippen LogP contribution in [0.3, 0.4) is 0 Å². The van der Waals surface area contributed by atoms with E-state index >= 15 is 0 Å². The first-order chi connectivity index (χ1) is 8.08. The zero-order valence-corrected chi connectivity index (χ0v) is 9.54. The summed E-state index contributed by atoms with van der Waals surface area (Å²) in [5, 5.41) is 10.5. The highest BCUT2D eigenvalue weighted by atomic mass is 16.6. The third-order valence-electron chi connectivity index (χ3n) is 2.58. The number of nitrogens with one attached hydrogen (secondary N) is 1. The zero-order valence-electron chi connectivity index (χ0n) is 9.54. The number of nitrogens with zero attached hydrogens (tertiary/aromatic N) is 3. The number of aryl methyl sites for hydroxylation is 1. The maximum Gasteiger partial charge on any atom is 0.269 e. The van der Waals surface area contributed by atoms with Crippen molar-refractivity contribution < 1.29 is 4.92 Å². The van der Waals surface area contributed by atoms with Gasteiger partial charge in [0.1, 0.15) is 6.33 Å². The largest absolute Gasteiger partial charge is 0.293 e. The number of rotatable bonds is 3. The van der Waals surface area contributed by atoms with Crippen LogP contribution in [0.1, 0.15) is 11.4 Å². The van der Waals surface area contributed by atoms with Gasteiger partial charge < -0.3 is 0 Å². The van der Waals surface area contributed by atoms with Crippen molar-refractivity contribution in [2.24, 2.45) is 0 Å². The summed E-state index contributed by atoms with van der Waals surface area (Å²) in [6.45, 7) is 3.87. The monoisotopic (exact) mass is 232 g/mol. The molecule has 1 heterocycles. The van der Waals surface area contributed by atoms with Gasteiger partial charge in [0, 0.05) is 12.1 Å². The molecule has 17 heavy (non-hydrogen) atoms. The normalized spacial score (nSPS) is 10.2. The molecule has 0 aliphatic carbocycles. The predicted molar refractivity (Wildman–Crippen MR) is 63.8 cm³/mol. The average molecular weight is 232 g/mol. The molecule has 1 aromatic heterocycles. The summed E-state index contributed by atoms with van der Waals surface area (Å²) in [6, 6.07) is 6.24. The Labute approximate surface area is 98.0 Å². The molecule has 2 rings (SSSR count). The Kier molecular flexibility index (Phi) is 2.78. The van der Waals surface area contributed by atoms with E-state index in [2.05, 4.69) is 10.4 Å². The number of benzene rings is 1. The third kappa shape index (κ3) is 2.25. The standard InChI is InChI=1S/C11H12N4O2/c1-8-9(2)14(7-12-8)13-10-3-5-11(6-4-10)15(16)17/h3-7,13H,1-2H3. The minimum absolute atomic E-state index is 0.0779. The number of nitro groups is 1. The lowest BCUT2D eigenvalue weighted by atomic mass is 10.3. The second-order valence-corrected chi connectivity index (χ2v) is 3.70. The molecule has 0 aliphatic heterocycles. The van der Waals surface area contributed by atoms with Crippen LogP contribution in [0, 0.1) is 24.0 Å². The van der Waals surface area contributed by atoms with Crippen LogP contribution >= 0.6 is 0 Å². The average Bonchev–Trinajstić information content (AvgIpc) is 2.62. The van der Waals surface area contributed by atoms with Crippen LogP contribution in [0.4, 0.5) is 11.4 Å². The second-order valence-electron chi connectivity index (χ2n) is 3.70. The van der Waals surface area contributed by atoms with Crippen LogP contribution in [-0.4, -0.2) is 14.6 Å². The van der Waals surface area contributed by atoms with E-state index < -0.39 is 4.92 Å². The summed E-state index contributed by atoms with van der Waals surface area (Å²) < 4.78 is 1.77. The van der Waals surface area contributed by atoms with Crippen LogP contribution in [0.15, 0.2) is 30.6 Å². The van der Waals surface area contributed by atoms with Crippen molar-refractivity contribution in [3.8, 4) is 0 Å². The fraction of sp³-hybridized carbons (Fsp3) is 0.182. The van der Waals surface area contributed by atoms with Crippen molar-refractivity contribution in [1.82, 2.24) is 9.66 Å². The molecule has 1 N–H and O–H groups in total. The predicted octanol–water partition coefficient (Wildman–Crippen LogP) is 2.28. The first-order valence-electron chi connectivity index (χ1n) is 5.10. The molecule has 0 saturated carbocycles. The van der Waals surface area contributed by atoms with Crippen molar-refractivity contribution in [2.45, 2.75) is 13.8 Å². The summed E-state index contributed by atoms with van der Waals surface area (Å²) in [4.78, 5) is 14.2. The van der Waals surface area contributed by atoms with Crippen molar-refractivity contribution in [3.63, 3.8) is 0 Å². The van der Waals surface area contributed by atoms with Gasteiger partial charge in [0.25, 0.3) is 5.69 Å². The number of aromatic nitrogens is 2. The molecule has 0 radical (unpaired) electrons. The number of hydrogen-bond acceptors (Lipinski definition) is 4. The van der Waals surface area contributed by atoms with Gasteiger partial charge in [-0.1, -0.05) is 0 Å². The molecule has 0 fully saturated rings. The third-order valence-corrected chi connectivity index (χ3v) is 2.58. The molecule has 1 aromatic carbocycles. The van der Waals surface area contributed by atoms with Gasteiger partial charge >= 0.3 is 0 Å². The summed E-state index contributed by atoms with van der Waals surface area (Å²) in [6.07, 6.45) is 1.67. The van der Waals surface area contributed by atoms with Gasteiger partial charge in [-0.25, -0.2) is 9.66 Å². The number of hydrogen-bond donors (Lipinski definition) is 1. The lowest BCUT2D eigenvalue weighted by Gasteiger charge is -2.08. The van der Waals surface area contributed by atoms with E-state index in [0.29, 0.717) is 0 Å². The van der Waals surface area contributed by atoms with E-state index in [9.17, 15) is 10.1 Å². The van der Waals surface area contributed by atoms with E-state index in [0.717, 1.165) is 17.1 Å². The fourth-order valence-corrected chi connectivity index (χ4v) is 1.41. The van der Waals surface area contributed by atoms with E-state index in [4.69, 9.17) is 0 Å². The van der Waals surface area contributed by atoms with E-state index in [1.54, 1.807) is 23.1 Å². The highest BCUT2D eigenvalue weighted by Gasteiger charge is 2.05. The molecule has 0 aliphatic rings. The Morgan fingerprint density at radius 3 is 2.41 bits per heavy atom. The van der Waals surface area contributed by atoms with Gasteiger partial charge in [0.2, 0.25) is 0 Å². The van der Waals surface area contributed by atoms with E-state index in [1.165, 1.54) is 12.1 Å². The molecule has 0 atom stereocenters. The van der Waals surface area contributed by atoms with Crippen molar-refractivity contribution in [3.05, 3.63) is 52.1 Å². The summed E-state index contributed by atoms with van der Waals surface area (Å²) in [5.41, 5.74) is 5.89. The van der Waals surface area contributed by atoms with Crippen molar-refractivity contribution >= 4 is 11.4 Å². The van der Waals surface area contributed by atoms with Crippen LogP contribution in [0.2, 0.25) is 0 Å². The summed E-state index contributed by atoms with van der Waals surface area (Å²) in [5.74, 6) is 0. The molecular weight excluding hydrogens is 220 g/mol. The van der Waals surface area contributed by atoms with Gasteiger partial charge in [-0.05, 0) is 26.0 Å². The molecule has 0 spiro atoms. The first kappa shape index (κ1) is 11.1. The van der Waals surface area contributed by atoms with Gasteiger partial charge in [-0.2, -0.15) is 0 Å². The summed E-state index contributed by atoms with van der Waals surface area (Å²) >= 11 is 0. The molecule has 0 saturated heterocycles. The minimum atomic E-state index is -0.420. The molecule has 88 valence electrons. The number of anilines is 1. The van der Waals surface area contributed by atoms with Gasteiger partial charge in [-0.3, -0.25) is 15.5 Å². The van der Waals surface area contributed by atoms with Crippen LogP contribution in [0.25, 0.3) is 0 Å². The number of nitro benzene ring substituents is 1. The van der Waals surface area contributed by atoms with Gasteiger partial charge in [0.15, 0.2) is 0 Å². The Bertz CT molecular complexity index is 545. The maximum atomic E-state index is 10.5. The van der Waals surface area contributed by atoms with Crippen LogP contribution < -0.4 is 5.43 Å². The Morgan fingerprint density at radius 2 is 1.94 bits per heavy atom. The molecule has 2 aromatic rings. The number of imidazole rings is 1. The summed E-state index contributed by atoms with van der Waals surface area (Å²) in [7, 11) is 0. The molecule has 0 bridgehead atoms. The first-order valence-corrected chi connectivity index (χ1v) is 5.10. The van der Waals surface area contributed by atoms with Crippen molar-refractivity contribution in [1.29, 1.82) is 0 Å². The van der Waals surface area contributed by atoms with Crippen LogP contribution in [-0.2, 0) is 0 Å². The molecule has 6 heteroatoms. The highest BCUT2D eigenvalue weighted by molar-refractivity contribution is 5.48. The number of non-ortho nitro benzene ring substituents is 1. The lowest BCUT2D eigenvalue weighted by Crippen LogP contribution is -2.09. The fourth-order valence-electron chi connectivity index (χ4n) is 1.41. The molecule has 0 unspecified atom stereocenters.